The van der Waals surface area contributed by atoms with Gasteiger partial charge in [0, 0.05) is 10.8 Å². The summed E-state index contributed by atoms with van der Waals surface area (Å²) in [7, 11) is 1.02. The van der Waals surface area contributed by atoms with Crippen LogP contribution in [0.1, 0.15) is 5.69 Å². The molecule has 0 aliphatic rings. The van der Waals surface area contributed by atoms with Crippen molar-refractivity contribution in [1.29, 1.82) is 0 Å². The molecule has 1 heterocycles. The van der Waals surface area contributed by atoms with Crippen LogP contribution >= 0.6 is 15.9 Å². The Labute approximate surface area is 118 Å². The van der Waals surface area contributed by atoms with Crippen molar-refractivity contribution in [3.8, 4) is 0 Å². The van der Waals surface area contributed by atoms with Crippen LogP contribution in [0.15, 0.2) is 16.7 Å². The average Bonchev–Trinajstić information content (AvgIpc) is 2.31. The maximum absolute atomic E-state index is 13.6. The Kier molecular flexibility index (Phi) is 5.03. The smallest absolute Gasteiger partial charge is 0.469 e. The zero-order valence-electron chi connectivity index (χ0n) is 9.83. The normalized spacial score (nSPS) is 11.1. The molecular weight excluding hydrogens is 354 g/mol. The molecule has 0 aliphatic heterocycles. The van der Waals surface area contributed by atoms with Gasteiger partial charge < -0.3 is 4.74 Å². The molecule has 0 fully saturated rings. The fourth-order valence-corrected chi connectivity index (χ4v) is 1.52. The zero-order chi connectivity index (χ0) is 15.5. The molecule has 0 saturated heterocycles. The van der Waals surface area contributed by atoms with Crippen LogP contribution in [0.2, 0.25) is 0 Å². The molecule has 1 aromatic rings. The molecule has 1 rings (SSSR count). The average molecular weight is 361 g/mol. The van der Waals surface area contributed by atoms with Gasteiger partial charge in [0.15, 0.2) is 5.82 Å². The molecule has 0 saturated carbocycles. The van der Waals surface area contributed by atoms with Crippen molar-refractivity contribution in [1.82, 2.24) is 0 Å². The van der Waals surface area contributed by atoms with E-state index in [0.29, 0.717) is 0 Å². The third-order valence-corrected chi connectivity index (χ3v) is 2.43. The summed E-state index contributed by atoms with van der Waals surface area (Å²) in [5.41, 5.74) is -0.586. The van der Waals surface area contributed by atoms with Crippen LogP contribution in [0.25, 0.3) is 0 Å². The highest BCUT2D eigenvalue weighted by Gasteiger charge is 2.45. The molecule has 0 N–H and O–H groups in total. The molecule has 0 spiro atoms. The number of alkyl halides is 3. The van der Waals surface area contributed by atoms with Crippen LogP contribution in [0.5, 0.6) is 0 Å². The van der Waals surface area contributed by atoms with Crippen LogP contribution in [-0.2, 0) is 20.7 Å². The number of methoxy groups -OCH3 is 1. The molecule has 0 aliphatic carbocycles. The van der Waals surface area contributed by atoms with E-state index in [2.05, 4.69) is 25.5 Å². The van der Waals surface area contributed by atoms with Crippen molar-refractivity contribution in [2.24, 2.45) is 0 Å². The van der Waals surface area contributed by atoms with Crippen LogP contribution in [0.4, 0.5) is 17.6 Å². The van der Waals surface area contributed by atoms with Crippen LogP contribution in [0, 0.1) is 5.82 Å². The number of carbonyl (C=O) groups excluding carboxylic acids is 2. The van der Waals surface area contributed by atoms with Crippen molar-refractivity contribution in [2.45, 2.75) is 12.6 Å². The van der Waals surface area contributed by atoms with E-state index in [1.807, 2.05) is 0 Å². The Morgan fingerprint density at radius 1 is 1.40 bits per heavy atom. The first-order valence-corrected chi connectivity index (χ1v) is 5.70. The quantitative estimate of drug-likeness (QED) is 0.460. The lowest BCUT2D eigenvalue weighted by molar-refractivity contribution is -0.877. The van der Waals surface area contributed by atoms with Gasteiger partial charge in [-0.25, -0.2) is 4.79 Å². The lowest BCUT2D eigenvalue weighted by atomic mass is 10.2. The predicted molar refractivity (Wildman–Crippen MR) is 57.7 cm³/mol. The van der Waals surface area contributed by atoms with Gasteiger partial charge in [0.25, 0.3) is 5.69 Å². The van der Waals surface area contributed by atoms with Gasteiger partial charge in [0.2, 0.25) is 6.20 Å². The van der Waals surface area contributed by atoms with Gasteiger partial charge in [0.05, 0.1) is 11.6 Å². The lowest BCUT2D eigenvalue weighted by Crippen LogP contribution is -2.53. The maximum atomic E-state index is 13.6. The van der Waals surface area contributed by atoms with Crippen molar-refractivity contribution in [3.05, 3.63) is 28.2 Å². The van der Waals surface area contributed by atoms with Gasteiger partial charge in [0.1, 0.15) is 6.42 Å². The minimum atomic E-state index is -5.26. The Bertz CT molecular complexity index is 547. The SMILES string of the molecule is COC(=O)Cc1c(F)cc(Br)c[n+]1OC(=O)C(F)(F)F. The van der Waals surface area contributed by atoms with Crippen molar-refractivity contribution in [3.63, 3.8) is 0 Å². The predicted octanol–water partition coefficient (Wildman–Crippen LogP) is 1.11. The highest BCUT2D eigenvalue weighted by Crippen LogP contribution is 2.16. The van der Waals surface area contributed by atoms with Crippen molar-refractivity contribution in [2.75, 3.05) is 7.11 Å². The standard InChI is InChI=1S/C10H7BrF4NO4/c1-19-8(17)3-7-6(12)2-5(11)4-16(7)20-9(18)10(13,14)15/h2,4H,3H2,1H3/q+1. The number of aromatic nitrogens is 1. The number of ether oxygens (including phenoxy) is 1. The van der Waals surface area contributed by atoms with E-state index in [9.17, 15) is 27.2 Å². The van der Waals surface area contributed by atoms with E-state index >= 15 is 0 Å². The van der Waals surface area contributed by atoms with Crippen molar-refractivity contribution >= 4 is 27.9 Å². The number of rotatable bonds is 3. The third-order valence-electron chi connectivity index (χ3n) is 2.00. The molecule has 10 heteroatoms. The second kappa shape index (κ2) is 6.16. The lowest BCUT2D eigenvalue weighted by Gasteiger charge is -2.05. The van der Waals surface area contributed by atoms with Crippen LogP contribution in [0.3, 0.4) is 0 Å². The summed E-state index contributed by atoms with van der Waals surface area (Å²) in [5, 5.41) is 0. The summed E-state index contributed by atoms with van der Waals surface area (Å²) in [6.07, 6.45) is -5.10. The molecule has 20 heavy (non-hydrogen) atoms. The zero-order valence-corrected chi connectivity index (χ0v) is 11.4. The Morgan fingerprint density at radius 2 is 2.00 bits per heavy atom. The van der Waals surface area contributed by atoms with Gasteiger partial charge in [-0.3, -0.25) is 4.79 Å². The highest BCUT2D eigenvalue weighted by molar-refractivity contribution is 9.10. The molecule has 0 atom stereocenters. The highest BCUT2D eigenvalue weighted by atomic mass is 79.9. The summed E-state index contributed by atoms with van der Waals surface area (Å²) in [6.45, 7) is 0. The van der Waals surface area contributed by atoms with Crippen LogP contribution < -0.4 is 9.57 Å². The number of esters is 1. The maximum Gasteiger partial charge on any atom is 0.498 e. The van der Waals surface area contributed by atoms with Gasteiger partial charge in [-0.05, 0) is 15.9 Å². The number of carbonyl (C=O) groups is 2. The number of nitrogens with zero attached hydrogens (tertiary/aromatic N) is 1. The van der Waals surface area contributed by atoms with Gasteiger partial charge in [-0.1, -0.05) is 0 Å². The van der Waals surface area contributed by atoms with E-state index in [1.54, 1.807) is 0 Å². The van der Waals surface area contributed by atoms with Crippen molar-refractivity contribution < 1.29 is 41.5 Å². The number of hydrogen-bond donors (Lipinski definition) is 0. The Morgan fingerprint density at radius 3 is 2.50 bits per heavy atom. The van der Waals surface area contributed by atoms with Gasteiger partial charge >= 0.3 is 18.1 Å². The largest absolute Gasteiger partial charge is 0.498 e. The number of hydrogen-bond acceptors (Lipinski definition) is 4. The minimum Gasteiger partial charge on any atom is -0.469 e. The molecule has 0 aromatic carbocycles. The molecular formula is C10H7BrF4NO4+. The molecule has 5 nitrogen and oxygen atoms in total. The van der Waals surface area contributed by atoms with Gasteiger partial charge in [-0.2, -0.15) is 22.4 Å². The first-order valence-electron chi connectivity index (χ1n) is 4.91. The second-order valence-corrected chi connectivity index (χ2v) is 4.32. The summed E-state index contributed by atoms with van der Waals surface area (Å²) in [6, 6.07) is 0.899. The fraction of sp³-hybridized carbons (Fsp3) is 0.300. The number of halogens is 5. The molecule has 0 amide bonds. The molecule has 0 bridgehead atoms. The summed E-state index contributed by atoms with van der Waals surface area (Å²) >= 11 is 2.82. The summed E-state index contributed by atoms with van der Waals surface area (Å²) in [5.74, 6) is -4.51. The first kappa shape index (κ1) is 16.3. The molecule has 0 radical (unpaired) electrons. The number of pyridine rings is 1. The minimum absolute atomic E-state index is 0.0126. The van der Waals surface area contributed by atoms with E-state index in [1.165, 1.54) is 0 Å². The summed E-state index contributed by atoms with van der Waals surface area (Å²) < 4.78 is 54.5. The van der Waals surface area contributed by atoms with Gasteiger partial charge in [-0.15, -0.1) is 0 Å². The molecule has 1 aromatic heterocycles. The second-order valence-electron chi connectivity index (χ2n) is 3.41. The van der Waals surface area contributed by atoms with Crippen LogP contribution in [-0.4, -0.2) is 25.2 Å². The molecule has 110 valence electrons. The Balaban J connectivity index is 3.16. The fourth-order valence-electron chi connectivity index (χ4n) is 1.13. The topological polar surface area (TPSA) is 56.5 Å². The monoisotopic (exact) mass is 360 g/mol. The summed E-state index contributed by atoms with van der Waals surface area (Å²) in [4.78, 5) is 25.8. The molecule has 0 unspecified atom stereocenters. The Hall–Kier alpha value is -1.71. The van der Waals surface area contributed by atoms with E-state index < -0.39 is 36.0 Å². The van der Waals surface area contributed by atoms with E-state index in [0.717, 1.165) is 19.4 Å². The van der Waals surface area contributed by atoms with E-state index in [4.69, 9.17) is 0 Å². The third kappa shape index (κ3) is 4.15. The van der Waals surface area contributed by atoms with E-state index in [-0.39, 0.29) is 9.20 Å². The first-order chi connectivity index (χ1) is 9.15.